The highest BCUT2D eigenvalue weighted by molar-refractivity contribution is 5.99. The minimum atomic E-state index is -0.500. The molecule has 0 saturated heterocycles. The summed E-state index contributed by atoms with van der Waals surface area (Å²) >= 11 is 0. The van der Waals surface area contributed by atoms with E-state index in [2.05, 4.69) is 10.4 Å². The SMILES string of the molecule is CC(=O)c1c(F)cccc1NCc1cnn(C)c1C. The molecule has 0 saturated carbocycles. The molecule has 2 aromatic rings. The summed E-state index contributed by atoms with van der Waals surface area (Å²) < 4.78 is 15.4. The van der Waals surface area contributed by atoms with Crippen molar-refractivity contribution in [3.8, 4) is 0 Å². The molecule has 0 amide bonds. The number of rotatable bonds is 4. The van der Waals surface area contributed by atoms with Crippen LogP contribution in [0.2, 0.25) is 0 Å². The standard InChI is InChI=1S/C14H16FN3O/c1-9-11(8-17-18(9)3)7-16-13-6-4-5-12(15)14(13)10(2)19/h4-6,8,16H,7H2,1-3H3. The van der Waals surface area contributed by atoms with Gasteiger partial charge in [0.1, 0.15) is 5.82 Å². The first-order valence-corrected chi connectivity index (χ1v) is 6.01. The van der Waals surface area contributed by atoms with Crippen molar-refractivity contribution in [2.24, 2.45) is 7.05 Å². The van der Waals surface area contributed by atoms with Gasteiger partial charge in [0, 0.05) is 30.5 Å². The van der Waals surface area contributed by atoms with E-state index in [4.69, 9.17) is 0 Å². The maximum absolute atomic E-state index is 13.6. The normalized spacial score (nSPS) is 10.5. The summed E-state index contributed by atoms with van der Waals surface area (Å²) in [4.78, 5) is 11.5. The highest BCUT2D eigenvalue weighted by atomic mass is 19.1. The quantitative estimate of drug-likeness (QED) is 0.861. The molecule has 1 N–H and O–H groups in total. The number of aryl methyl sites for hydroxylation is 1. The van der Waals surface area contributed by atoms with Crippen LogP contribution in [0.3, 0.4) is 0 Å². The first kappa shape index (κ1) is 13.3. The lowest BCUT2D eigenvalue weighted by molar-refractivity contribution is 0.101. The molecule has 2 rings (SSSR count). The van der Waals surface area contributed by atoms with Crippen LogP contribution >= 0.6 is 0 Å². The number of carbonyl (C=O) groups excluding carboxylic acids is 1. The van der Waals surface area contributed by atoms with Crippen LogP contribution < -0.4 is 5.32 Å². The highest BCUT2D eigenvalue weighted by Gasteiger charge is 2.13. The van der Waals surface area contributed by atoms with Crippen LogP contribution in [0.5, 0.6) is 0 Å². The average molecular weight is 261 g/mol. The van der Waals surface area contributed by atoms with Gasteiger partial charge in [-0.2, -0.15) is 5.10 Å². The van der Waals surface area contributed by atoms with Crippen molar-refractivity contribution in [1.82, 2.24) is 9.78 Å². The lowest BCUT2D eigenvalue weighted by atomic mass is 10.1. The smallest absolute Gasteiger partial charge is 0.164 e. The molecule has 5 heteroatoms. The monoisotopic (exact) mass is 261 g/mol. The summed E-state index contributed by atoms with van der Waals surface area (Å²) in [7, 11) is 1.86. The lowest BCUT2D eigenvalue weighted by Crippen LogP contribution is -2.07. The molecule has 0 aliphatic carbocycles. The Labute approximate surface area is 111 Å². The zero-order chi connectivity index (χ0) is 14.0. The number of aromatic nitrogens is 2. The molecule has 0 atom stereocenters. The van der Waals surface area contributed by atoms with Crippen LogP contribution in [0.25, 0.3) is 0 Å². The number of ketones is 1. The zero-order valence-electron chi connectivity index (χ0n) is 11.2. The van der Waals surface area contributed by atoms with Gasteiger partial charge in [-0.15, -0.1) is 0 Å². The predicted octanol–water partition coefficient (Wildman–Crippen LogP) is 2.68. The number of nitrogens with zero attached hydrogens (tertiary/aromatic N) is 2. The van der Waals surface area contributed by atoms with E-state index in [0.717, 1.165) is 11.3 Å². The number of hydrogen-bond acceptors (Lipinski definition) is 3. The van der Waals surface area contributed by atoms with Gasteiger partial charge >= 0.3 is 0 Å². The van der Waals surface area contributed by atoms with Crippen LogP contribution in [0.15, 0.2) is 24.4 Å². The molecule has 0 bridgehead atoms. The third-order valence-corrected chi connectivity index (χ3v) is 3.17. The summed E-state index contributed by atoms with van der Waals surface area (Å²) in [5.74, 6) is -0.788. The Bertz CT molecular complexity index is 619. The Balaban J connectivity index is 2.23. The van der Waals surface area contributed by atoms with E-state index in [1.165, 1.54) is 13.0 Å². The molecule has 19 heavy (non-hydrogen) atoms. The number of anilines is 1. The van der Waals surface area contributed by atoms with Crippen molar-refractivity contribution in [3.63, 3.8) is 0 Å². The molecule has 0 radical (unpaired) electrons. The van der Waals surface area contributed by atoms with Gasteiger partial charge in [-0.1, -0.05) is 6.07 Å². The Morgan fingerprint density at radius 3 is 2.79 bits per heavy atom. The van der Waals surface area contributed by atoms with E-state index in [1.807, 2.05) is 14.0 Å². The van der Waals surface area contributed by atoms with Gasteiger partial charge in [-0.25, -0.2) is 4.39 Å². The number of benzene rings is 1. The highest BCUT2D eigenvalue weighted by Crippen LogP contribution is 2.20. The van der Waals surface area contributed by atoms with E-state index < -0.39 is 5.82 Å². The van der Waals surface area contributed by atoms with Gasteiger partial charge in [-0.3, -0.25) is 9.48 Å². The van der Waals surface area contributed by atoms with Gasteiger partial charge < -0.3 is 5.32 Å². The summed E-state index contributed by atoms with van der Waals surface area (Å²) in [6.07, 6.45) is 1.76. The Morgan fingerprint density at radius 2 is 2.21 bits per heavy atom. The minimum Gasteiger partial charge on any atom is -0.380 e. The van der Waals surface area contributed by atoms with E-state index >= 15 is 0 Å². The van der Waals surface area contributed by atoms with E-state index in [0.29, 0.717) is 12.2 Å². The molecule has 100 valence electrons. The average Bonchev–Trinajstić information content (AvgIpc) is 2.67. The topological polar surface area (TPSA) is 46.9 Å². The molecule has 0 aliphatic heterocycles. The Morgan fingerprint density at radius 1 is 1.47 bits per heavy atom. The van der Waals surface area contributed by atoms with Gasteiger partial charge in [0.15, 0.2) is 5.78 Å². The second kappa shape index (κ2) is 5.22. The molecule has 1 aromatic heterocycles. The van der Waals surface area contributed by atoms with Crippen molar-refractivity contribution in [2.75, 3.05) is 5.32 Å². The molecule has 4 nitrogen and oxygen atoms in total. The van der Waals surface area contributed by atoms with Crippen molar-refractivity contribution in [2.45, 2.75) is 20.4 Å². The predicted molar refractivity (Wildman–Crippen MR) is 71.7 cm³/mol. The molecular weight excluding hydrogens is 245 g/mol. The van der Waals surface area contributed by atoms with E-state index in [1.54, 1.807) is 23.0 Å². The van der Waals surface area contributed by atoms with Crippen molar-refractivity contribution in [1.29, 1.82) is 0 Å². The zero-order valence-corrected chi connectivity index (χ0v) is 11.2. The molecule has 0 fully saturated rings. The first-order chi connectivity index (χ1) is 9.00. The second-order valence-electron chi connectivity index (χ2n) is 4.45. The molecular formula is C14H16FN3O. The fourth-order valence-corrected chi connectivity index (χ4v) is 1.94. The van der Waals surface area contributed by atoms with Crippen LogP contribution in [0.4, 0.5) is 10.1 Å². The van der Waals surface area contributed by atoms with E-state index in [-0.39, 0.29) is 11.3 Å². The maximum Gasteiger partial charge on any atom is 0.164 e. The van der Waals surface area contributed by atoms with Crippen molar-refractivity contribution < 1.29 is 9.18 Å². The first-order valence-electron chi connectivity index (χ1n) is 6.01. The summed E-state index contributed by atoms with van der Waals surface area (Å²) in [6, 6.07) is 4.57. The van der Waals surface area contributed by atoms with Crippen molar-refractivity contribution in [3.05, 3.63) is 47.0 Å². The maximum atomic E-state index is 13.6. The molecule has 1 heterocycles. The Hall–Kier alpha value is -2.17. The number of halogens is 1. The number of hydrogen-bond donors (Lipinski definition) is 1. The number of nitrogens with one attached hydrogen (secondary N) is 1. The fraction of sp³-hybridized carbons (Fsp3) is 0.286. The minimum absolute atomic E-state index is 0.101. The summed E-state index contributed by atoms with van der Waals surface area (Å²) in [5.41, 5.74) is 2.66. The number of Topliss-reactive ketones (excluding diaryl/α,β-unsaturated/α-hetero) is 1. The molecule has 1 aromatic carbocycles. The van der Waals surface area contributed by atoms with Gasteiger partial charge in [0.25, 0.3) is 0 Å². The summed E-state index contributed by atoms with van der Waals surface area (Å²) in [6.45, 7) is 3.82. The van der Waals surface area contributed by atoms with Gasteiger partial charge in [-0.05, 0) is 26.0 Å². The van der Waals surface area contributed by atoms with Crippen LogP contribution in [-0.2, 0) is 13.6 Å². The molecule has 0 spiro atoms. The van der Waals surface area contributed by atoms with Crippen molar-refractivity contribution >= 4 is 11.5 Å². The van der Waals surface area contributed by atoms with Gasteiger partial charge in [0.2, 0.25) is 0 Å². The van der Waals surface area contributed by atoms with Gasteiger partial charge in [0.05, 0.1) is 11.8 Å². The third-order valence-electron chi connectivity index (χ3n) is 3.17. The number of carbonyl (C=O) groups is 1. The summed E-state index contributed by atoms with van der Waals surface area (Å²) in [5, 5.41) is 7.23. The molecule has 0 aliphatic rings. The van der Waals surface area contributed by atoms with Crippen LogP contribution in [-0.4, -0.2) is 15.6 Å². The largest absolute Gasteiger partial charge is 0.380 e. The third kappa shape index (κ3) is 2.65. The van der Waals surface area contributed by atoms with E-state index in [9.17, 15) is 9.18 Å². The van der Waals surface area contributed by atoms with Crippen LogP contribution in [0.1, 0.15) is 28.5 Å². The fourth-order valence-electron chi connectivity index (χ4n) is 1.94. The molecule has 0 unspecified atom stereocenters. The van der Waals surface area contributed by atoms with Crippen LogP contribution in [0, 0.1) is 12.7 Å². The lowest BCUT2D eigenvalue weighted by Gasteiger charge is -2.10. The second-order valence-corrected chi connectivity index (χ2v) is 4.45. The Kier molecular flexibility index (Phi) is 3.64.